The van der Waals surface area contributed by atoms with Gasteiger partial charge in [0.05, 0.1) is 30.5 Å². The smallest absolute Gasteiger partial charge is 0.349 e. The molecular weight excluding hydrogens is 757 g/mol. The molecule has 15 nitrogen and oxygen atoms in total. The van der Waals surface area contributed by atoms with Gasteiger partial charge in [-0.1, -0.05) is 24.3 Å². The second-order valence-corrected chi connectivity index (χ2v) is 16.1. The zero-order chi connectivity index (χ0) is 40.0. The average Bonchev–Trinajstić information content (AvgIpc) is 3.67. The second-order valence-electron chi connectivity index (χ2n) is 14.9. The van der Waals surface area contributed by atoms with E-state index in [1.54, 1.807) is 31.2 Å². The number of aryl methyl sites for hydroxylation is 1. The molecule has 4 bridgehead atoms. The van der Waals surface area contributed by atoms with Crippen molar-refractivity contribution in [1.82, 2.24) is 15.1 Å². The summed E-state index contributed by atoms with van der Waals surface area (Å²) >= 11 is 1.29. The van der Waals surface area contributed by atoms with Crippen LogP contribution in [0.5, 0.6) is 28.7 Å². The van der Waals surface area contributed by atoms with E-state index in [-0.39, 0.29) is 42.3 Å². The highest BCUT2D eigenvalue weighted by molar-refractivity contribution is 7.99. The molecule has 2 saturated heterocycles. The van der Waals surface area contributed by atoms with Gasteiger partial charge in [-0.15, -0.1) is 11.8 Å². The van der Waals surface area contributed by atoms with Crippen LogP contribution in [0, 0.1) is 25.2 Å². The van der Waals surface area contributed by atoms with Crippen LogP contribution in [0.4, 0.5) is 0 Å². The molecule has 1 amide bonds. The number of para-hydroxylation sites is 1. The zero-order valence-electron chi connectivity index (χ0n) is 31.6. The van der Waals surface area contributed by atoms with Crippen LogP contribution in [0.1, 0.15) is 68.0 Å². The fourth-order valence-corrected chi connectivity index (χ4v) is 11.0. The van der Waals surface area contributed by atoms with Gasteiger partial charge in [-0.25, -0.2) is 9.59 Å². The summed E-state index contributed by atoms with van der Waals surface area (Å²) in [7, 11) is 3.43. The molecule has 57 heavy (non-hydrogen) atoms. The number of fused-ring (bicyclic) bond motifs is 11. The third-order valence-corrected chi connectivity index (χ3v) is 13.2. The Kier molecular flexibility index (Phi) is 8.87. The fraction of sp³-hybridized carbons (Fsp3) is 0.390. The monoisotopic (exact) mass is 794 g/mol. The number of likely N-dealkylation sites (N-methyl/N-ethyl adjacent to an activating group) is 1. The van der Waals surface area contributed by atoms with Crippen LogP contribution in [0.25, 0.3) is 11.0 Å². The first-order valence-corrected chi connectivity index (χ1v) is 19.5. The molecule has 0 spiro atoms. The Morgan fingerprint density at radius 3 is 2.58 bits per heavy atom. The van der Waals surface area contributed by atoms with E-state index in [0.29, 0.717) is 56.9 Å². The van der Waals surface area contributed by atoms with Crippen molar-refractivity contribution in [2.45, 2.75) is 68.7 Å². The number of rotatable bonds is 4. The van der Waals surface area contributed by atoms with Gasteiger partial charge in [0.15, 0.2) is 23.0 Å². The first kappa shape index (κ1) is 36.9. The van der Waals surface area contributed by atoms with Crippen LogP contribution in [-0.4, -0.2) is 90.2 Å². The molecule has 6 aliphatic rings. The number of amides is 1. The lowest BCUT2D eigenvalue weighted by atomic mass is 9.71. The summed E-state index contributed by atoms with van der Waals surface area (Å²) in [6.45, 7) is 4.54. The van der Waals surface area contributed by atoms with Crippen molar-refractivity contribution in [3.8, 4) is 34.8 Å². The number of methoxy groups -OCH3 is 1. The summed E-state index contributed by atoms with van der Waals surface area (Å²) in [4.78, 5) is 57.8. The number of hydrogen-bond acceptors (Lipinski definition) is 15. The standard InChI is InChI=1S/C41H38N4O11S/c1-17-10-21-12-24-25(13-42)45-26-14-52-41(50)23(43-39(48)22-11-20-8-6-7-9-27(20)56-40(22)49)15-57-38(32(45)31(44(24)4)28(21)33(47)34(17)51-5)30-29(26)37-36(53-16-54-37)18(2)35(30)55-19(3)46/h6-11,23-26,31-32,38,47H,12,14-16H2,1-5H3,(H,43,48)/t23?,24-,25+,26-,31-,32?,38-/m1/s1. The summed E-state index contributed by atoms with van der Waals surface area (Å²) in [6.07, 6.45) is 0.445. The zero-order valence-corrected chi connectivity index (χ0v) is 32.4. The molecule has 1 aromatic heterocycles. The van der Waals surface area contributed by atoms with Crippen LogP contribution in [-0.2, 0) is 20.7 Å². The highest BCUT2D eigenvalue weighted by Gasteiger charge is 2.60. The molecule has 0 aliphatic carbocycles. The molecule has 4 aromatic rings. The molecule has 2 N–H and O–H groups in total. The van der Waals surface area contributed by atoms with Gasteiger partial charge in [-0.05, 0) is 50.6 Å². The molecule has 2 fully saturated rings. The Balaban J connectivity index is 1.23. The molecule has 0 saturated carbocycles. The number of nitrogens with zero attached hydrogens (tertiary/aromatic N) is 3. The number of esters is 2. The maximum Gasteiger partial charge on any atom is 0.349 e. The van der Waals surface area contributed by atoms with Gasteiger partial charge in [-0.2, -0.15) is 5.26 Å². The van der Waals surface area contributed by atoms with Gasteiger partial charge in [0.1, 0.15) is 35.6 Å². The van der Waals surface area contributed by atoms with Gasteiger partial charge >= 0.3 is 17.6 Å². The topological polar surface area (TPSA) is 190 Å². The highest BCUT2D eigenvalue weighted by Crippen LogP contribution is 2.64. The first-order valence-electron chi connectivity index (χ1n) is 18.5. The van der Waals surface area contributed by atoms with Crippen molar-refractivity contribution in [3.05, 3.63) is 85.8 Å². The number of aromatic hydroxyl groups is 1. The average molecular weight is 795 g/mol. The number of phenolic OH excluding ortho intramolecular Hbond substituents is 1. The number of carbonyl (C=O) groups is 3. The van der Waals surface area contributed by atoms with E-state index in [4.69, 9.17) is 28.1 Å². The molecule has 10 rings (SSSR count). The van der Waals surface area contributed by atoms with Crippen molar-refractivity contribution in [2.75, 3.05) is 33.3 Å². The number of piperazine rings is 1. The fourth-order valence-electron chi connectivity index (χ4n) is 9.52. The number of carbonyl (C=O) groups excluding carboxylic acids is 3. The van der Waals surface area contributed by atoms with Crippen LogP contribution in [0.15, 0.2) is 45.6 Å². The normalized spacial score (nSPS) is 26.0. The summed E-state index contributed by atoms with van der Waals surface area (Å²) in [5.74, 6) is -0.849. The van der Waals surface area contributed by atoms with Crippen molar-refractivity contribution in [1.29, 1.82) is 5.26 Å². The van der Waals surface area contributed by atoms with Crippen LogP contribution >= 0.6 is 11.8 Å². The SMILES string of the molecule is COc1c(C)cc2c(c1O)[C@@H]1C3[C@@H]4SCC(NC(=O)c5cc6ccccc6oc5=O)C(=O)OC[C@H](c5c6c(c(C)c(OC(C)=O)c54)OCO6)N3[C@@H](C#N)[C@@H](C2)N1C. The van der Waals surface area contributed by atoms with E-state index in [1.165, 1.54) is 31.9 Å². The van der Waals surface area contributed by atoms with E-state index in [1.807, 2.05) is 20.0 Å². The molecule has 7 heterocycles. The van der Waals surface area contributed by atoms with E-state index in [0.717, 1.165) is 11.1 Å². The van der Waals surface area contributed by atoms with Crippen molar-refractivity contribution in [3.63, 3.8) is 0 Å². The maximum absolute atomic E-state index is 14.0. The summed E-state index contributed by atoms with van der Waals surface area (Å²) in [6, 6.07) is 8.43. The number of thioether (sulfide) groups is 1. The van der Waals surface area contributed by atoms with Crippen molar-refractivity contribution < 1.29 is 47.6 Å². The van der Waals surface area contributed by atoms with Crippen LogP contribution < -0.4 is 29.9 Å². The Hall–Kier alpha value is -5.76. The molecule has 2 unspecified atom stereocenters. The number of nitrogens with one attached hydrogen (secondary N) is 1. The van der Waals surface area contributed by atoms with Gasteiger partial charge < -0.3 is 38.5 Å². The first-order chi connectivity index (χ1) is 27.4. The maximum atomic E-state index is 14.0. The lowest BCUT2D eigenvalue weighted by molar-refractivity contribution is -0.151. The van der Waals surface area contributed by atoms with Crippen molar-refractivity contribution >= 4 is 40.6 Å². The molecule has 0 radical (unpaired) electrons. The Morgan fingerprint density at radius 1 is 1.05 bits per heavy atom. The van der Waals surface area contributed by atoms with Crippen molar-refractivity contribution in [2.24, 2.45) is 0 Å². The lowest BCUT2D eigenvalue weighted by Crippen LogP contribution is -2.69. The number of benzene rings is 3. The van der Waals surface area contributed by atoms with E-state index in [2.05, 4.69) is 21.2 Å². The Labute approximate surface area is 330 Å². The molecule has 6 aliphatic heterocycles. The number of nitriles is 1. The molecule has 7 atom stereocenters. The molecule has 3 aromatic carbocycles. The quantitative estimate of drug-likeness (QED) is 0.170. The minimum Gasteiger partial charge on any atom is -0.504 e. The molecule has 16 heteroatoms. The van der Waals surface area contributed by atoms with E-state index < -0.39 is 58.9 Å². The Bertz CT molecular complexity index is 2520. The Morgan fingerprint density at radius 2 is 1.82 bits per heavy atom. The third kappa shape index (κ3) is 5.54. The van der Waals surface area contributed by atoms with Gasteiger partial charge in [0.25, 0.3) is 5.91 Å². The van der Waals surface area contributed by atoms with Gasteiger partial charge in [-0.3, -0.25) is 19.4 Å². The predicted molar refractivity (Wildman–Crippen MR) is 204 cm³/mol. The molecule has 294 valence electrons. The minimum atomic E-state index is -1.24. The van der Waals surface area contributed by atoms with Crippen LogP contribution in [0.2, 0.25) is 0 Å². The number of hydrogen-bond donors (Lipinski definition) is 2. The highest BCUT2D eigenvalue weighted by atomic mass is 32.2. The summed E-state index contributed by atoms with van der Waals surface area (Å²) < 4.78 is 35.3. The minimum absolute atomic E-state index is 0.00999. The number of phenols is 1. The lowest BCUT2D eigenvalue weighted by Gasteiger charge is -2.61. The largest absolute Gasteiger partial charge is 0.504 e. The van der Waals surface area contributed by atoms with Gasteiger partial charge in [0, 0.05) is 52.4 Å². The van der Waals surface area contributed by atoms with Gasteiger partial charge in [0.2, 0.25) is 6.79 Å². The van der Waals surface area contributed by atoms with Crippen LogP contribution in [0.3, 0.4) is 0 Å². The number of ether oxygens (including phenoxy) is 5. The van der Waals surface area contributed by atoms with E-state index in [9.17, 15) is 29.5 Å². The summed E-state index contributed by atoms with van der Waals surface area (Å²) in [5.41, 5.74) is 3.12. The predicted octanol–water partition coefficient (Wildman–Crippen LogP) is 4.14. The third-order valence-electron chi connectivity index (χ3n) is 11.9. The second kappa shape index (κ2) is 13.7. The summed E-state index contributed by atoms with van der Waals surface area (Å²) in [5, 5.41) is 25.6. The van der Waals surface area contributed by atoms with E-state index >= 15 is 0 Å². The molecular formula is C41H38N4O11S.